The Balaban J connectivity index is 0.00000243. The summed E-state index contributed by atoms with van der Waals surface area (Å²) in [5.41, 5.74) is 1.48. The second-order valence-corrected chi connectivity index (χ2v) is 5.56. The molecule has 0 amide bonds. The first kappa shape index (κ1) is 21.0. The third kappa shape index (κ3) is 6.14. The van der Waals surface area contributed by atoms with Crippen LogP contribution in [-0.4, -0.2) is 6.98 Å². The monoisotopic (exact) mass is 378 g/mol. The zero-order valence-electron chi connectivity index (χ0n) is 14.3. The molecule has 0 aliphatic carbocycles. The summed E-state index contributed by atoms with van der Waals surface area (Å²) < 4.78 is 43.4. The maximum absolute atomic E-state index is 12.6. The third-order valence-electron chi connectivity index (χ3n) is 3.64. The molecule has 3 aromatic carbocycles. The molecule has 1 nitrogen and oxygen atoms in total. The average Bonchev–Trinajstić information content (AvgIpc) is 2.62. The van der Waals surface area contributed by atoms with Gasteiger partial charge in [-0.3, -0.25) is 0 Å². The average molecular weight is 378 g/mol. The molecule has 0 fully saturated rings. The summed E-state index contributed by atoms with van der Waals surface area (Å²) in [7, 11) is 0. The normalized spacial score (nSPS) is 11.2. The molecule has 3 aromatic rings. The van der Waals surface area contributed by atoms with Gasteiger partial charge in [-0.15, -0.1) is 5.46 Å². The zero-order chi connectivity index (χ0) is 17.7. The summed E-state index contributed by atoms with van der Waals surface area (Å²) in [5, 5.41) is 0. The van der Waals surface area contributed by atoms with E-state index in [1.54, 1.807) is 12.1 Å². The Hall–Kier alpha value is -1.31. The fourth-order valence-electron chi connectivity index (χ4n) is 2.29. The van der Waals surface area contributed by atoms with Crippen molar-refractivity contribution < 1.29 is 69.1 Å². The van der Waals surface area contributed by atoms with Crippen molar-refractivity contribution in [3.63, 3.8) is 0 Å². The second kappa shape index (κ2) is 9.58. The van der Waals surface area contributed by atoms with Crippen LogP contribution in [0.3, 0.4) is 0 Å². The predicted octanol–water partition coefficient (Wildman–Crippen LogP) is 2.71. The fourth-order valence-corrected chi connectivity index (χ4v) is 2.29. The molecule has 0 unspecified atom stereocenters. The van der Waals surface area contributed by atoms with Crippen LogP contribution in [0.5, 0.6) is 11.5 Å². The van der Waals surface area contributed by atoms with Gasteiger partial charge in [0.15, 0.2) is 0 Å². The van der Waals surface area contributed by atoms with Crippen molar-refractivity contribution in [2.24, 2.45) is 0 Å². The Morgan fingerprint density at radius 2 is 1.08 bits per heavy atom. The van der Waals surface area contributed by atoms with Crippen molar-refractivity contribution in [2.75, 3.05) is 0 Å². The summed E-state index contributed by atoms with van der Waals surface area (Å²) >= 11 is 0. The quantitative estimate of drug-likeness (QED) is 0.490. The minimum atomic E-state index is -4.98. The smallest absolute Gasteiger partial charge is 0.457 e. The minimum absolute atomic E-state index is 0. The number of ether oxygens (including phenoxy) is 1. The first-order chi connectivity index (χ1) is 12.0. The molecular weight excluding hydrogens is 363 g/mol. The van der Waals surface area contributed by atoms with Gasteiger partial charge >= 0.3 is 58.4 Å². The molecular formula is C20H15BF3KO. The van der Waals surface area contributed by atoms with Crippen LogP contribution in [0, 0.1) is 0 Å². The maximum Gasteiger partial charge on any atom is 1.00 e. The SMILES string of the molecule is F[B-](F)(F)c1ccc(Oc2ccc(/C=C/c3ccccc3)cc2)cc1.[K+]. The van der Waals surface area contributed by atoms with Gasteiger partial charge in [0.2, 0.25) is 0 Å². The summed E-state index contributed by atoms with van der Waals surface area (Å²) in [6.07, 6.45) is 3.99. The molecule has 126 valence electrons. The standard InChI is InChI=1S/C20H15BF3O.K/c22-21(23,24)18-10-14-20(15-11-18)25-19-12-8-17(9-13-19)7-6-16-4-2-1-3-5-16;/h1-15H;/q-1;+1/b7-6+;. The summed E-state index contributed by atoms with van der Waals surface area (Å²) in [4.78, 5) is 0. The molecule has 0 saturated carbocycles. The maximum atomic E-state index is 12.6. The van der Waals surface area contributed by atoms with Crippen LogP contribution in [0.25, 0.3) is 12.2 Å². The molecule has 0 heterocycles. The van der Waals surface area contributed by atoms with Crippen molar-refractivity contribution in [3.8, 4) is 11.5 Å². The van der Waals surface area contributed by atoms with Crippen molar-refractivity contribution in [2.45, 2.75) is 0 Å². The molecule has 0 radical (unpaired) electrons. The largest absolute Gasteiger partial charge is 1.00 e. The Labute approximate surface area is 193 Å². The van der Waals surface area contributed by atoms with Crippen molar-refractivity contribution in [3.05, 3.63) is 90.0 Å². The Kier molecular flexibility index (Phi) is 7.73. The molecule has 0 bridgehead atoms. The van der Waals surface area contributed by atoms with Gasteiger partial charge in [0.25, 0.3) is 0 Å². The van der Waals surface area contributed by atoms with Crippen LogP contribution >= 0.6 is 0 Å². The molecule has 0 aliphatic rings. The van der Waals surface area contributed by atoms with Crippen LogP contribution in [0.4, 0.5) is 12.9 Å². The Morgan fingerprint density at radius 1 is 0.615 bits per heavy atom. The number of hydrogen-bond donors (Lipinski definition) is 0. The molecule has 0 spiro atoms. The molecule has 6 heteroatoms. The van der Waals surface area contributed by atoms with E-state index in [0.717, 1.165) is 23.3 Å². The van der Waals surface area contributed by atoms with Crippen LogP contribution in [0.1, 0.15) is 11.1 Å². The van der Waals surface area contributed by atoms with E-state index in [9.17, 15) is 12.9 Å². The summed E-state index contributed by atoms with van der Waals surface area (Å²) in [6, 6.07) is 22.0. The van der Waals surface area contributed by atoms with Crippen molar-refractivity contribution in [1.82, 2.24) is 0 Å². The van der Waals surface area contributed by atoms with Gasteiger partial charge in [-0.05, 0) is 35.4 Å². The first-order valence-corrected chi connectivity index (χ1v) is 7.82. The van der Waals surface area contributed by atoms with Gasteiger partial charge in [0.1, 0.15) is 11.5 Å². The van der Waals surface area contributed by atoms with Gasteiger partial charge in [-0.2, -0.15) is 0 Å². The van der Waals surface area contributed by atoms with Gasteiger partial charge in [0.05, 0.1) is 0 Å². The number of benzene rings is 3. The van der Waals surface area contributed by atoms with Crippen LogP contribution in [0.2, 0.25) is 0 Å². The van der Waals surface area contributed by atoms with E-state index in [4.69, 9.17) is 4.74 Å². The molecule has 0 aromatic heterocycles. The third-order valence-corrected chi connectivity index (χ3v) is 3.64. The van der Waals surface area contributed by atoms with E-state index >= 15 is 0 Å². The van der Waals surface area contributed by atoms with E-state index < -0.39 is 12.4 Å². The van der Waals surface area contributed by atoms with Crippen molar-refractivity contribution in [1.29, 1.82) is 0 Å². The van der Waals surface area contributed by atoms with Gasteiger partial charge < -0.3 is 17.7 Å². The number of halogens is 3. The molecule has 0 aliphatic heterocycles. The van der Waals surface area contributed by atoms with Gasteiger partial charge in [0, 0.05) is 0 Å². The van der Waals surface area contributed by atoms with Crippen molar-refractivity contribution >= 4 is 24.6 Å². The molecule has 3 rings (SSSR count). The molecule has 0 N–H and O–H groups in total. The van der Waals surface area contributed by atoms with Crippen LogP contribution in [-0.2, 0) is 0 Å². The number of rotatable bonds is 5. The predicted molar refractivity (Wildman–Crippen MR) is 97.0 cm³/mol. The van der Waals surface area contributed by atoms with Gasteiger partial charge in [-0.1, -0.05) is 66.7 Å². The summed E-state index contributed by atoms with van der Waals surface area (Å²) in [5.74, 6) is 0.943. The molecule has 0 saturated heterocycles. The van der Waals surface area contributed by atoms with E-state index in [-0.39, 0.29) is 51.4 Å². The second-order valence-electron chi connectivity index (χ2n) is 5.56. The van der Waals surface area contributed by atoms with Crippen LogP contribution < -0.4 is 61.6 Å². The van der Waals surface area contributed by atoms with Gasteiger partial charge in [-0.25, -0.2) is 0 Å². The minimum Gasteiger partial charge on any atom is -0.457 e. The topological polar surface area (TPSA) is 9.23 Å². The van der Waals surface area contributed by atoms with Crippen LogP contribution in [0.15, 0.2) is 78.9 Å². The fraction of sp³-hybridized carbons (Fsp3) is 0. The first-order valence-electron chi connectivity index (χ1n) is 7.82. The molecule has 0 atom stereocenters. The van der Waals surface area contributed by atoms with E-state index in [2.05, 4.69) is 0 Å². The zero-order valence-corrected chi connectivity index (χ0v) is 17.4. The van der Waals surface area contributed by atoms with E-state index in [1.807, 2.05) is 54.6 Å². The van der Waals surface area contributed by atoms with E-state index in [0.29, 0.717) is 11.5 Å². The number of hydrogen-bond acceptors (Lipinski definition) is 1. The Morgan fingerprint density at radius 3 is 1.58 bits per heavy atom. The molecule has 26 heavy (non-hydrogen) atoms. The Bertz CT molecular complexity index is 845. The summed E-state index contributed by atoms with van der Waals surface area (Å²) in [6.45, 7) is -4.98. The van der Waals surface area contributed by atoms with E-state index in [1.165, 1.54) is 12.1 Å².